The van der Waals surface area contributed by atoms with Crippen LogP contribution in [-0.2, 0) is 35.1 Å². The zero-order valence-electron chi connectivity index (χ0n) is 27.2. The molecule has 0 unspecified atom stereocenters. The molecule has 0 aliphatic carbocycles. The number of aliphatic hydroxyl groups is 3. The zero-order valence-corrected chi connectivity index (χ0v) is 27.2. The maximum absolute atomic E-state index is 12.4. The van der Waals surface area contributed by atoms with E-state index < -0.39 is 79.0 Å². The number of carbonyl (C=O) groups is 4. The molecule has 276 valence electrons. The number of esters is 1. The highest BCUT2D eigenvalue weighted by Crippen LogP contribution is 2.41. The number of benzene rings is 2. The summed E-state index contributed by atoms with van der Waals surface area (Å²) >= 11 is 0. The lowest BCUT2D eigenvalue weighted by Crippen LogP contribution is -2.60. The van der Waals surface area contributed by atoms with Gasteiger partial charge in [0.15, 0.2) is 29.2 Å². The molecule has 0 aromatic heterocycles. The Kier molecular flexibility index (Phi) is 11.1. The topological polar surface area (TPSA) is 282 Å². The Bertz CT molecular complexity index is 1880. The Morgan fingerprint density at radius 1 is 0.942 bits per heavy atom. The number of carboxylic acid groups (broad SMARTS) is 3. The predicted octanol–water partition coefficient (Wildman–Crippen LogP) is -0.385. The van der Waals surface area contributed by atoms with Crippen molar-refractivity contribution in [1.29, 1.82) is 0 Å². The lowest BCUT2D eigenvalue weighted by atomic mass is 9.99. The van der Waals surface area contributed by atoms with Gasteiger partial charge in [-0.15, -0.1) is 0 Å². The molecule has 52 heavy (non-hydrogen) atoms. The van der Waals surface area contributed by atoms with Crippen molar-refractivity contribution < 1.29 is 83.6 Å². The summed E-state index contributed by atoms with van der Waals surface area (Å²) in [4.78, 5) is 47.7. The van der Waals surface area contributed by atoms with Crippen molar-refractivity contribution in [3.05, 3.63) is 71.0 Å². The fourth-order valence-corrected chi connectivity index (χ4v) is 5.74. The number of hydrogen-bond donors (Lipinski definition) is 9. The number of aliphatic hydroxyl groups excluding tert-OH is 3. The SMILES string of the molecule is COc1cc(/C=C/C(=O)OC[C@H]2O[C@@H](Oc3cc4c(cc3O)C[C@@H](C(=O)O)[N+]4=C/C=C3/C=C(C(=O)O)N[C@H](C(=O)O)C3)[C@H](O)[C@H](O)[C@@H]2O)ccc1O. The Hall–Kier alpha value is -5.95. The fourth-order valence-electron chi connectivity index (χ4n) is 5.74. The Morgan fingerprint density at radius 3 is 2.37 bits per heavy atom. The minimum absolute atomic E-state index is 0.0800. The van der Waals surface area contributed by atoms with Gasteiger partial charge in [0.2, 0.25) is 12.0 Å². The Labute approximate surface area is 294 Å². The average molecular weight is 728 g/mol. The van der Waals surface area contributed by atoms with Crippen LogP contribution in [0.5, 0.6) is 23.0 Å². The van der Waals surface area contributed by atoms with Crippen LogP contribution < -0.4 is 14.8 Å². The van der Waals surface area contributed by atoms with Crippen LogP contribution in [0.15, 0.2) is 59.8 Å². The van der Waals surface area contributed by atoms with E-state index in [-0.39, 0.29) is 47.0 Å². The number of fused-ring (bicyclic) bond motifs is 1. The number of aromatic hydroxyl groups is 2. The van der Waals surface area contributed by atoms with Gasteiger partial charge in [0.1, 0.15) is 42.8 Å². The summed E-state index contributed by atoms with van der Waals surface area (Å²) in [6.07, 6.45) is -2.45. The lowest BCUT2D eigenvalue weighted by molar-refractivity contribution is -0.456. The normalized spacial score (nSPS) is 27.1. The largest absolute Gasteiger partial charge is 0.504 e. The van der Waals surface area contributed by atoms with Crippen molar-refractivity contribution in [2.45, 2.75) is 55.6 Å². The van der Waals surface area contributed by atoms with Gasteiger partial charge in [-0.2, -0.15) is 4.58 Å². The molecule has 18 heteroatoms. The van der Waals surface area contributed by atoms with E-state index in [4.69, 9.17) is 18.9 Å². The maximum Gasteiger partial charge on any atom is 0.373 e. The molecule has 1 saturated heterocycles. The molecule has 3 aliphatic rings. The molecule has 18 nitrogen and oxygen atoms in total. The van der Waals surface area contributed by atoms with E-state index in [2.05, 4.69) is 5.32 Å². The Morgan fingerprint density at radius 2 is 1.69 bits per heavy atom. The molecular weight excluding hydrogens is 692 g/mol. The number of nitrogens with zero attached hydrogens (tertiary/aromatic N) is 1. The minimum atomic E-state index is -1.87. The fraction of sp³-hybridized carbons (Fsp3) is 0.324. The van der Waals surface area contributed by atoms with Gasteiger partial charge < -0.3 is 65.1 Å². The number of methoxy groups -OCH3 is 1. The number of ether oxygens (including phenoxy) is 4. The number of allylic oxidation sites excluding steroid dienone is 2. The zero-order chi connectivity index (χ0) is 37.9. The van der Waals surface area contributed by atoms with Gasteiger partial charge in [0.25, 0.3) is 6.04 Å². The molecule has 3 heterocycles. The third-order valence-electron chi connectivity index (χ3n) is 8.47. The van der Waals surface area contributed by atoms with Crippen LogP contribution in [0.2, 0.25) is 0 Å². The minimum Gasteiger partial charge on any atom is -0.504 e. The number of rotatable bonds is 11. The van der Waals surface area contributed by atoms with E-state index in [1.54, 1.807) is 0 Å². The van der Waals surface area contributed by atoms with Crippen molar-refractivity contribution >= 4 is 41.9 Å². The third kappa shape index (κ3) is 8.16. The number of nitrogens with one attached hydrogen (secondary N) is 1. The van der Waals surface area contributed by atoms with E-state index >= 15 is 0 Å². The molecule has 1 fully saturated rings. The highest BCUT2D eigenvalue weighted by molar-refractivity contribution is 5.90. The van der Waals surface area contributed by atoms with Crippen molar-refractivity contribution in [3.8, 4) is 23.0 Å². The number of aliphatic carboxylic acids is 3. The van der Waals surface area contributed by atoms with Gasteiger partial charge in [-0.1, -0.05) is 6.07 Å². The molecule has 0 amide bonds. The van der Waals surface area contributed by atoms with Crippen LogP contribution in [0.25, 0.3) is 6.08 Å². The third-order valence-corrected chi connectivity index (χ3v) is 8.47. The molecule has 0 bridgehead atoms. The summed E-state index contributed by atoms with van der Waals surface area (Å²) in [5.74, 6) is -5.54. The second-order valence-corrected chi connectivity index (χ2v) is 11.9. The van der Waals surface area contributed by atoms with E-state index in [0.29, 0.717) is 11.1 Å². The van der Waals surface area contributed by atoms with Crippen LogP contribution in [0.3, 0.4) is 0 Å². The number of hydrogen-bond acceptors (Lipinski definition) is 14. The van der Waals surface area contributed by atoms with Gasteiger partial charge in [0, 0.05) is 24.1 Å². The van der Waals surface area contributed by atoms with Gasteiger partial charge in [-0.05, 0) is 41.5 Å². The quantitative estimate of drug-likeness (QED) is 0.0810. The van der Waals surface area contributed by atoms with E-state index in [1.807, 2.05) is 0 Å². The predicted molar refractivity (Wildman–Crippen MR) is 174 cm³/mol. The molecule has 0 radical (unpaired) electrons. The van der Waals surface area contributed by atoms with Crippen LogP contribution in [0.1, 0.15) is 17.5 Å². The van der Waals surface area contributed by atoms with Gasteiger partial charge in [-0.3, -0.25) is 0 Å². The number of carbonyl (C=O) groups excluding carboxylic acids is 1. The first-order chi connectivity index (χ1) is 24.7. The average Bonchev–Trinajstić information content (AvgIpc) is 3.47. The molecule has 2 aromatic rings. The number of phenolic OH excluding ortho intramolecular Hbond substituents is 2. The first-order valence-electron chi connectivity index (χ1n) is 15.6. The van der Waals surface area contributed by atoms with Crippen molar-refractivity contribution in [1.82, 2.24) is 5.32 Å². The van der Waals surface area contributed by atoms with Gasteiger partial charge in [0.05, 0.1) is 19.6 Å². The second-order valence-electron chi connectivity index (χ2n) is 11.9. The summed E-state index contributed by atoms with van der Waals surface area (Å²) in [5.41, 5.74) is 0.981. The molecule has 0 saturated carbocycles. The van der Waals surface area contributed by atoms with Crippen molar-refractivity contribution in [2.75, 3.05) is 13.7 Å². The molecule has 7 atom stereocenters. The van der Waals surface area contributed by atoms with E-state index in [1.165, 1.54) is 66.5 Å². The standard InChI is InChI=1S/C34H34N2O16/c1-49-24-10-15(2-4-22(24)37)3-5-27(39)50-14-26-28(40)29(41)30(42)34(52-26)51-25-13-20-17(12-23(25)38)11-21(33(47)48)36(20)7-6-16-8-18(31(43)44)35-19(9-16)32(45)46/h2-8,10,12-13,19,21,26,28-30,34,40-42H,9,11,14H2,1H3,(H5,37,38,39,43,44,45,46,47,48)/p+1/t19-,21-,26+,28+,29+,30+,34+/m0/s1. The highest BCUT2D eigenvalue weighted by Gasteiger charge is 2.46. The van der Waals surface area contributed by atoms with E-state index in [0.717, 1.165) is 6.08 Å². The van der Waals surface area contributed by atoms with Crippen LogP contribution in [-0.4, -0.2) is 132 Å². The monoisotopic (exact) mass is 727 g/mol. The van der Waals surface area contributed by atoms with Crippen LogP contribution in [0.4, 0.5) is 5.69 Å². The summed E-state index contributed by atoms with van der Waals surface area (Å²) in [6, 6.07) is 4.38. The summed E-state index contributed by atoms with van der Waals surface area (Å²) in [6.45, 7) is -0.600. The molecule has 2 aromatic carbocycles. The summed E-state index contributed by atoms with van der Waals surface area (Å²) in [5, 5.41) is 83.4. The Balaban J connectivity index is 1.34. The number of phenols is 2. The number of carboxylic acids is 3. The summed E-state index contributed by atoms with van der Waals surface area (Å²) in [7, 11) is 1.36. The first-order valence-corrected chi connectivity index (χ1v) is 15.6. The van der Waals surface area contributed by atoms with Gasteiger partial charge >= 0.3 is 23.9 Å². The smallest absolute Gasteiger partial charge is 0.373 e. The highest BCUT2D eigenvalue weighted by atomic mass is 16.7. The molecule has 3 aliphatic heterocycles. The van der Waals surface area contributed by atoms with E-state index in [9.17, 15) is 60.0 Å². The maximum atomic E-state index is 12.4. The van der Waals surface area contributed by atoms with Crippen molar-refractivity contribution in [2.24, 2.45) is 0 Å². The van der Waals surface area contributed by atoms with Crippen LogP contribution >= 0.6 is 0 Å². The second kappa shape index (κ2) is 15.5. The molecular formula is C34H35N2O16+. The first kappa shape index (κ1) is 37.3. The van der Waals surface area contributed by atoms with Crippen LogP contribution in [0, 0.1) is 0 Å². The molecule has 9 N–H and O–H groups in total. The molecule has 5 rings (SSSR count). The molecule has 0 spiro atoms. The lowest BCUT2D eigenvalue weighted by Gasteiger charge is -2.39. The van der Waals surface area contributed by atoms with Crippen molar-refractivity contribution in [3.63, 3.8) is 0 Å². The summed E-state index contributed by atoms with van der Waals surface area (Å²) < 4.78 is 22.8. The van der Waals surface area contributed by atoms with Gasteiger partial charge in [-0.25, -0.2) is 19.2 Å².